The molecular weight excluding hydrogens is 282 g/mol. The lowest BCUT2D eigenvalue weighted by atomic mass is 10.1. The summed E-state index contributed by atoms with van der Waals surface area (Å²) in [5, 5.41) is 5.57. The highest BCUT2D eigenvalue weighted by Crippen LogP contribution is 2.12. The van der Waals surface area contributed by atoms with Gasteiger partial charge in [0, 0.05) is 6.54 Å². The zero-order valence-corrected chi connectivity index (χ0v) is 13.4. The molecule has 2 rings (SSSR count). The van der Waals surface area contributed by atoms with Crippen molar-refractivity contribution >= 4 is 11.8 Å². The van der Waals surface area contributed by atoms with Crippen LogP contribution in [0.1, 0.15) is 49.4 Å². The Bertz CT molecular complexity index is 508. The van der Waals surface area contributed by atoms with Crippen LogP contribution in [-0.4, -0.2) is 42.4 Å². The third kappa shape index (κ3) is 4.34. The first-order valence-corrected chi connectivity index (χ1v) is 8.03. The highest BCUT2D eigenvalue weighted by molar-refractivity contribution is 5.95. The van der Waals surface area contributed by atoms with Crippen LogP contribution in [0.4, 0.5) is 0 Å². The monoisotopic (exact) mass is 307 g/mol. The first kappa shape index (κ1) is 16.5. The van der Waals surface area contributed by atoms with Crippen LogP contribution in [0.2, 0.25) is 0 Å². The Balaban J connectivity index is 1.95. The number of nitrogens with zero attached hydrogens (tertiary/aromatic N) is 1. The molecule has 1 aromatic heterocycles. The number of nitrogens with one attached hydrogen (secondary N) is 2. The van der Waals surface area contributed by atoms with Crippen molar-refractivity contribution in [3.8, 4) is 0 Å². The summed E-state index contributed by atoms with van der Waals surface area (Å²) in [6.07, 6.45) is 2.55. The molecule has 6 nitrogen and oxygen atoms in total. The van der Waals surface area contributed by atoms with Crippen LogP contribution in [0.15, 0.2) is 16.5 Å². The van der Waals surface area contributed by atoms with Crippen molar-refractivity contribution in [1.29, 1.82) is 0 Å². The zero-order valence-electron chi connectivity index (χ0n) is 13.4. The summed E-state index contributed by atoms with van der Waals surface area (Å²) >= 11 is 0. The lowest BCUT2D eigenvalue weighted by Gasteiger charge is -2.16. The molecule has 6 heteroatoms. The highest BCUT2D eigenvalue weighted by Gasteiger charge is 2.24. The average Bonchev–Trinajstić information content (AvgIpc) is 2.90. The maximum Gasteiger partial charge on any atom is 0.287 e. The molecule has 2 amide bonds. The van der Waals surface area contributed by atoms with E-state index < -0.39 is 6.04 Å². The molecule has 0 aliphatic carbocycles. The molecule has 2 N–H and O–H groups in total. The Morgan fingerprint density at radius 1 is 1.36 bits per heavy atom. The summed E-state index contributed by atoms with van der Waals surface area (Å²) in [6.45, 7) is 7.40. The van der Waals surface area contributed by atoms with Crippen LogP contribution in [0, 0.1) is 0 Å². The molecule has 0 unspecified atom stereocenters. The topological polar surface area (TPSA) is 74.6 Å². The van der Waals surface area contributed by atoms with Crippen molar-refractivity contribution in [3.63, 3.8) is 0 Å². The Kier molecular flexibility index (Phi) is 6.00. The van der Waals surface area contributed by atoms with Gasteiger partial charge in [-0.3, -0.25) is 14.5 Å². The summed E-state index contributed by atoms with van der Waals surface area (Å²) < 4.78 is 5.60. The molecule has 0 aromatic carbocycles. The number of carbonyl (C=O) groups is 2. The summed E-state index contributed by atoms with van der Waals surface area (Å²) in [5.74, 6) is 0.590. The average molecular weight is 307 g/mol. The largest absolute Gasteiger partial charge is 0.455 e. The smallest absolute Gasteiger partial charge is 0.287 e. The Labute approximate surface area is 131 Å². The van der Waals surface area contributed by atoms with Gasteiger partial charge in [-0.2, -0.15) is 0 Å². The van der Waals surface area contributed by atoms with Gasteiger partial charge in [-0.25, -0.2) is 0 Å². The molecule has 0 radical (unpaired) electrons. The molecule has 1 aliphatic heterocycles. The zero-order chi connectivity index (χ0) is 15.9. The number of rotatable bonds is 6. The van der Waals surface area contributed by atoms with E-state index >= 15 is 0 Å². The van der Waals surface area contributed by atoms with Crippen LogP contribution in [0.25, 0.3) is 0 Å². The van der Waals surface area contributed by atoms with Crippen LogP contribution >= 0.6 is 0 Å². The van der Waals surface area contributed by atoms with Crippen LogP contribution < -0.4 is 10.6 Å². The van der Waals surface area contributed by atoms with Crippen molar-refractivity contribution in [2.75, 3.05) is 19.6 Å². The molecule has 0 saturated carbocycles. The van der Waals surface area contributed by atoms with Gasteiger partial charge in [0.2, 0.25) is 5.91 Å². The second-order valence-corrected chi connectivity index (χ2v) is 5.54. The molecule has 122 valence electrons. The van der Waals surface area contributed by atoms with E-state index in [4.69, 9.17) is 4.42 Å². The molecule has 1 aliphatic rings. The van der Waals surface area contributed by atoms with Crippen LogP contribution in [0.3, 0.4) is 0 Å². The predicted molar refractivity (Wildman–Crippen MR) is 83.4 cm³/mol. The Morgan fingerprint density at radius 2 is 2.14 bits per heavy atom. The minimum atomic E-state index is -0.466. The standard InChI is InChI=1S/C16H25N3O3/c1-3-19(4-2)11-12-8-9-14(22-12)16(21)18-13-7-5-6-10-17-15(13)20/h8-9,13H,3-7,10-11H2,1-2H3,(H,17,20)(H,18,21)/t13-/m0/s1. The number of hydrogen-bond donors (Lipinski definition) is 2. The fourth-order valence-electron chi connectivity index (χ4n) is 2.56. The quantitative estimate of drug-likeness (QED) is 0.835. The lowest BCUT2D eigenvalue weighted by molar-refractivity contribution is -0.122. The molecule has 1 saturated heterocycles. The van der Waals surface area contributed by atoms with Gasteiger partial charge in [0.05, 0.1) is 6.54 Å². The first-order chi connectivity index (χ1) is 10.6. The van der Waals surface area contributed by atoms with Gasteiger partial charge in [-0.1, -0.05) is 13.8 Å². The van der Waals surface area contributed by atoms with Crippen molar-refractivity contribution in [1.82, 2.24) is 15.5 Å². The lowest BCUT2D eigenvalue weighted by Crippen LogP contribution is -2.45. The van der Waals surface area contributed by atoms with Gasteiger partial charge in [0.1, 0.15) is 11.8 Å². The van der Waals surface area contributed by atoms with Crippen molar-refractivity contribution in [2.45, 2.75) is 45.7 Å². The van der Waals surface area contributed by atoms with Gasteiger partial charge < -0.3 is 15.1 Å². The van der Waals surface area contributed by atoms with Crippen LogP contribution in [0.5, 0.6) is 0 Å². The Morgan fingerprint density at radius 3 is 2.86 bits per heavy atom. The van der Waals surface area contributed by atoms with Gasteiger partial charge in [0.25, 0.3) is 5.91 Å². The number of hydrogen-bond acceptors (Lipinski definition) is 4. The maximum atomic E-state index is 12.2. The number of carbonyl (C=O) groups excluding carboxylic acids is 2. The van der Waals surface area contributed by atoms with Crippen molar-refractivity contribution in [2.24, 2.45) is 0 Å². The van der Waals surface area contributed by atoms with E-state index in [1.54, 1.807) is 6.07 Å². The first-order valence-electron chi connectivity index (χ1n) is 8.03. The highest BCUT2D eigenvalue weighted by atomic mass is 16.4. The molecular formula is C16H25N3O3. The van der Waals surface area contributed by atoms with Crippen LogP contribution in [-0.2, 0) is 11.3 Å². The molecule has 0 spiro atoms. The van der Waals surface area contributed by atoms with E-state index in [0.717, 1.165) is 31.7 Å². The van der Waals surface area contributed by atoms with E-state index in [2.05, 4.69) is 29.4 Å². The number of furan rings is 1. The summed E-state index contributed by atoms with van der Waals surface area (Å²) in [7, 11) is 0. The van der Waals surface area contributed by atoms with Gasteiger partial charge in [0.15, 0.2) is 5.76 Å². The predicted octanol–water partition coefficient (Wildman–Crippen LogP) is 1.52. The third-order valence-electron chi connectivity index (χ3n) is 4.00. The van der Waals surface area contributed by atoms with Gasteiger partial charge in [-0.05, 0) is 44.5 Å². The Hall–Kier alpha value is -1.82. The molecule has 1 atom stereocenters. The normalized spacial score (nSPS) is 18.9. The summed E-state index contributed by atoms with van der Waals surface area (Å²) in [6, 6.07) is 3.02. The molecule has 1 aromatic rings. The second kappa shape index (κ2) is 7.98. The molecule has 2 heterocycles. The fourth-order valence-corrected chi connectivity index (χ4v) is 2.56. The van der Waals surface area contributed by atoms with E-state index in [1.807, 2.05) is 6.07 Å². The van der Waals surface area contributed by atoms with E-state index in [9.17, 15) is 9.59 Å². The number of amides is 2. The van der Waals surface area contributed by atoms with E-state index in [1.165, 1.54) is 0 Å². The fraction of sp³-hybridized carbons (Fsp3) is 0.625. The van der Waals surface area contributed by atoms with E-state index in [0.29, 0.717) is 19.5 Å². The molecule has 0 bridgehead atoms. The summed E-state index contributed by atoms with van der Waals surface area (Å²) in [5.41, 5.74) is 0. The maximum absolute atomic E-state index is 12.2. The second-order valence-electron chi connectivity index (χ2n) is 5.54. The van der Waals surface area contributed by atoms with E-state index in [-0.39, 0.29) is 17.6 Å². The SMILES string of the molecule is CCN(CC)Cc1ccc(C(=O)N[C@H]2CCCCNC2=O)o1. The molecule has 22 heavy (non-hydrogen) atoms. The van der Waals surface area contributed by atoms with Gasteiger partial charge >= 0.3 is 0 Å². The summed E-state index contributed by atoms with van der Waals surface area (Å²) in [4.78, 5) is 26.3. The van der Waals surface area contributed by atoms with Crippen molar-refractivity contribution in [3.05, 3.63) is 23.7 Å². The van der Waals surface area contributed by atoms with Gasteiger partial charge in [-0.15, -0.1) is 0 Å². The third-order valence-corrected chi connectivity index (χ3v) is 4.00. The molecule has 1 fully saturated rings. The minimum absolute atomic E-state index is 0.110. The minimum Gasteiger partial charge on any atom is -0.455 e. The van der Waals surface area contributed by atoms with Crippen molar-refractivity contribution < 1.29 is 14.0 Å².